The fraction of sp³-hybridized carbons (Fsp3) is 0.250. The van der Waals surface area contributed by atoms with E-state index in [1.807, 2.05) is 79.2 Å². The first-order chi connectivity index (χ1) is 11.6. The molecule has 1 N–H and O–H groups in total. The lowest BCUT2D eigenvalue weighted by Crippen LogP contribution is -2.32. The molecule has 0 atom stereocenters. The molecule has 3 rings (SSSR count). The van der Waals surface area contributed by atoms with E-state index in [9.17, 15) is 4.79 Å². The summed E-state index contributed by atoms with van der Waals surface area (Å²) in [5, 5.41) is 4.01. The minimum Gasteiger partial charge on any atom is -0.489 e. The van der Waals surface area contributed by atoms with Crippen LogP contribution in [-0.4, -0.2) is 16.5 Å². The first-order valence-corrected chi connectivity index (χ1v) is 8.17. The average Bonchev–Trinajstić information content (AvgIpc) is 2.95. The van der Waals surface area contributed by atoms with Crippen LogP contribution >= 0.6 is 0 Å². The fourth-order valence-electron chi connectivity index (χ4n) is 2.65. The van der Waals surface area contributed by atoms with Gasteiger partial charge in [-0.3, -0.25) is 4.79 Å². The zero-order valence-electron chi connectivity index (χ0n) is 14.0. The van der Waals surface area contributed by atoms with Gasteiger partial charge in [0.25, 0.3) is 0 Å². The van der Waals surface area contributed by atoms with Crippen LogP contribution in [-0.2, 0) is 17.9 Å². The summed E-state index contributed by atoms with van der Waals surface area (Å²) >= 11 is 0. The smallest absolute Gasteiger partial charge is 0.240 e. The van der Waals surface area contributed by atoms with Crippen molar-refractivity contribution < 1.29 is 9.53 Å². The van der Waals surface area contributed by atoms with Crippen LogP contribution < -0.4 is 10.1 Å². The number of carbonyl (C=O) groups is 1. The fourth-order valence-corrected chi connectivity index (χ4v) is 2.65. The molecule has 4 heteroatoms. The Labute approximate surface area is 142 Å². The zero-order chi connectivity index (χ0) is 16.9. The van der Waals surface area contributed by atoms with Crippen molar-refractivity contribution in [1.82, 2.24) is 9.88 Å². The van der Waals surface area contributed by atoms with Gasteiger partial charge in [0.2, 0.25) is 5.91 Å². The molecular formula is C20H22N2O2. The summed E-state index contributed by atoms with van der Waals surface area (Å²) in [6.07, 6.45) is 1.94. The van der Waals surface area contributed by atoms with Crippen molar-refractivity contribution in [2.75, 3.05) is 0 Å². The van der Waals surface area contributed by atoms with Crippen molar-refractivity contribution in [1.29, 1.82) is 0 Å². The molecule has 0 saturated heterocycles. The highest BCUT2D eigenvalue weighted by Gasteiger charge is 2.08. The largest absolute Gasteiger partial charge is 0.489 e. The van der Waals surface area contributed by atoms with Gasteiger partial charge in [0.1, 0.15) is 18.9 Å². The maximum atomic E-state index is 12.0. The van der Waals surface area contributed by atoms with Crippen LogP contribution in [0.4, 0.5) is 0 Å². The van der Waals surface area contributed by atoms with E-state index in [0.29, 0.717) is 13.2 Å². The van der Waals surface area contributed by atoms with Crippen molar-refractivity contribution in [3.8, 4) is 5.75 Å². The second-order valence-corrected chi connectivity index (χ2v) is 6.16. The van der Waals surface area contributed by atoms with Crippen LogP contribution in [0.5, 0.6) is 5.75 Å². The van der Waals surface area contributed by atoms with Crippen LogP contribution in [0.15, 0.2) is 60.8 Å². The van der Waals surface area contributed by atoms with Gasteiger partial charge in [-0.1, -0.05) is 30.3 Å². The molecule has 1 aromatic heterocycles. The molecule has 0 aliphatic carbocycles. The summed E-state index contributed by atoms with van der Waals surface area (Å²) in [4.78, 5) is 12.0. The molecule has 24 heavy (non-hydrogen) atoms. The number of nitrogens with one attached hydrogen (secondary N) is 1. The van der Waals surface area contributed by atoms with Crippen molar-refractivity contribution >= 4 is 16.8 Å². The quantitative estimate of drug-likeness (QED) is 0.751. The van der Waals surface area contributed by atoms with Gasteiger partial charge in [-0.2, -0.15) is 0 Å². The van der Waals surface area contributed by atoms with Crippen LogP contribution in [0.25, 0.3) is 10.9 Å². The number of carbonyl (C=O) groups excluding carboxylic acids is 1. The number of hydrogen-bond acceptors (Lipinski definition) is 2. The third kappa shape index (κ3) is 3.96. The molecule has 0 aliphatic rings. The first-order valence-electron chi connectivity index (χ1n) is 8.17. The molecule has 0 spiro atoms. The highest BCUT2D eigenvalue weighted by molar-refractivity contribution is 5.84. The summed E-state index contributed by atoms with van der Waals surface area (Å²) < 4.78 is 7.83. The molecular weight excluding hydrogens is 300 g/mol. The molecule has 0 unspecified atom stereocenters. The summed E-state index contributed by atoms with van der Waals surface area (Å²) in [5.41, 5.74) is 2.13. The molecule has 2 aromatic carbocycles. The number of rotatable bonds is 6. The normalized spacial score (nSPS) is 11.0. The molecule has 3 aromatic rings. The van der Waals surface area contributed by atoms with Crippen molar-refractivity contribution in [2.45, 2.75) is 33.0 Å². The minimum atomic E-state index is 0.0121. The molecule has 4 nitrogen and oxygen atoms in total. The van der Waals surface area contributed by atoms with Crippen LogP contribution in [0.1, 0.15) is 19.4 Å². The van der Waals surface area contributed by atoms with E-state index in [4.69, 9.17) is 4.74 Å². The van der Waals surface area contributed by atoms with Gasteiger partial charge in [-0.15, -0.1) is 0 Å². The second kappa shape index (κ2) is 7.21. The predicted octanol–water partition coefficient (Wildman–Crippen LogP) is 3.74. The summed E-state index contributed by atoms with van der Waals surface area (Å²) in [5.74, 6) is 0.814. The van der Waals surface area contributed by atoms with E-state index < -0.39 is 0 Å². The SMILES string of the molecule is CC(C)NC(=O)Cn1ccc2ccc(OCc3ccccc3)cc21. The number of nitrogens with zero attached hydrogens (tertiary/aromatic N) is 1. The highest BCUT2D eigenvalue weighted by Crippen LogP contribution is 2.23. The average molecular weight is 322 g/mol. The number of benzene rings is 2. The Hall–Kier alpha value is -2.75. The standard InChI is InChI=1S/C20H22N2O2/c1-15(2)21-20(23)13-22-11-10-17-8-9-18(12-19(17)22)24-14-16-6-4-3-5-7-16/h3-12,15H,13-14H2,1-2H3,(H,21,23). The van der Waals surface area contributed by atoms with Crippen molar-refractivity contribution in [3.63, 3.8) is 0 Å². The molecule has 0 saturated carbocycles. The number of amides is 1. The molecule has 0 radical (unpaired) electrons. The lowest BCUT2D eigenvalue weighted by molar-refractivity contribution is -0.122. The first kappa shape index (κ1) is 16.1. The molecule has 0 fully saturated rings. The summed E-state index contributed by atoms with van der Waals surface area (Å²) in [6.45, 7) is 4.76. The van der Waals surface area contributed by atoms with Gasteiger partial charge in [0.15, 0.2) is 0 Å². The number of aromatic nitrogens is 1. The topological polar surface area (TPSA) is 43.3 Å². The Kier molecular flexibility index (Phi) is 4.85. The van der Waals surface area contributed by atoms with Crippen LogP contribution in [0.3, 0.4) is 0 Å². The van der Waals surface area contributed by atoms with E-state index in [0.717, 1.165) is 22.2 Å². The number of ether oxygens (including phenoxy) is 1. The summed E-state index contributed by atoms with van der Waals surface area (Å²) in [7, 11) is 0. The van der Waals surface area contributed by atoms with Gasteiger partial charge < -0.3 is 14.6 Å². The van der Waals surface area contributed by atoms with Gasteiger partial charge >= 0.3 is 0 Å². The van der Waals surface area contributed by atoms with Gasteiger partial charge in [-0.25, -0.2) is 0 Å². The third-order valence-corrected chi connectivity index (χ3v) is 3.76. The van der Waals surface area contributed by atoms with E-state index in [1.165, 1.54) is 0 Å². The van der Waals surface area contributed by atoms with Crippen molar-refractivity contribution in [2.24, 2.45) is 0 Å². The summed E-state index contributed by atoms with van der Waals surface area (Å²) in [6, 6.07) is 18.2. The Morgan fingerprint density at radius 3 is 2.67 bits per heavy atom. The molecule has 0 bridgehead atoms. The second-order valence-electron chi connectivity index (χ2n) is 6.16. The monoisotopic (exact) mass is 322 g/mol. The molecule has 1 heterocycles. The predicted molar refractivity (Wildman–Crippen MR) is 96.0 cm³/mol. The number of fused-ring (bicyclic) bond motifs is 1. The zero-order valence-corrected chi connectivity index (χ0v) is 14.0. The van der Waals surface area contributed by atoms with Crippen LogP contribution in [0, 0.1) is 0 Å². The Morgan fingerprint density at radius 2 is 1.92 bits per heavy atom. The third-order valence-electron chi connectivity index (χ3n) is 3.76. The molecule has 124 valence electrons. The highest BCUT2D eigenvalue weighted by atomic mass is 16.5. The Morgan fingerprint density at radius 1 is 1.12 bits per heavy atom. The van der Waals surface area contributed by atoms with Gasteiger partial charge in [0.05, 0.1) is 5.52 Å². The molecule has 1 amide bonds. The Bertz CT molecular complexity index is 822. The Balaban J connectivity index is 1.74. The van der Waals surface area contributed by atoms with E-state index in [1.54, 1.807) is 0 Å². The van der Waals surface area contributed by atoms with Gasteiger partial charge in [-0.05, 0) is 43.0 Å². The van der Waals surface area contributed by atoms with Crippen molar-refractivity contribution in [3.05, 3.63) is 66.4 Å². The molecule has 0 aliphatic heterocycles. The van der Waals surface area contributed by atoms with E-state index >= 15 is 0 Å². The maximum absolute atomic E-state index is 12.0. The van der Waals surface area contributed by atoms with E-state index in [-0.39, 0.29) is 11.9 Å². The number of hydrogen-bond donors (Lipinski definition) is 1. The lowest BCUT2D eigenvalue weighted by Gasteiger charge is -2.11. The van der Waals surface area contributed by atoms with Crippen LogP contribution in [0.2, 0.25) is 0 Å². The minimum absolute atomic E-state index is 0.0121. The lowest BCUT2D eigenvalue weighted by atomic mass is 10.2. The maximum Gasteiger partial charge on any atom is 0.240 e. The van der Waals surface area contributed by atoms with E-state index in [2.05, 4.69) is 5.32 Å². The van der Waals surface area contributed by atoms with Gasteiger partial charge in [0, 0.05) is 18.3 Å².